The average molecular weight is 236 g/mol. The fourth-order valence-corrected chi connectivity index (χ4v) is 2.58. The third-order valence-electron chi connectivity index (χ3n) is 3.78. The Morgan fingerprint density at radius 1 is 1.71 bits per heavy atom. The Morgan fingerprint density at radius 3 is 3.00 bits per heavy atom. The summed E-state index contributed by atoms with van der Waals surface area (Å²) in [7, 11) is 0. The monoisotopic (exact) mass is 236 g/mol. The summed E-state index contributed by atoms with van der Waals surface area (Å²) in [6.45, 7) is 4.78. The van der Waals surface area contributed by atoms with Crippen molar-refractivity contribution in [2.45, 2.75) is 39.7 Å². The zero-order valence-electron chi connectivity index (χ0n) is 10.4. The maximum Gasteiger partial charge on any atom is 0.223 e. The highest BCUT2D eigenvalue weighted by atomic mass is 16.1. The Balaban J connectivity index is 1.92. The van der Waals surface area contributed by atoms with Crippen LogP contribution in [0.2, 0.25) is 0 Å². The lowest BCUT2D eigenvalue weighted by atomic mass is 9.81. The predicted octanol–water partition coefficient (Wildman–Crippen LogP) is 1.43. The van der Waals surface area contributed by atoms with E-state index in [1.165, 1.54) is 0 Å². The number of nitrogens with zero attached hydrogens (tertiary/aromatic N) is 1. The third-order valence-corrected chi connectivity index (χ3v) is 3.78. The number of nitrogens with one attached hydrogen (secondary N) is 2. The fraction of sp³-hybridized carbons (Fsp3) is 0.667. The van der Waals surface area contributed by atoms with E-state index in [9.17, 15) is 4.79 Å². The lowest BCUT2D eigenvalue weighted by Crippen LogP contribution is -2.35. The molecule has 1 unspecified atom stereocenters. The second-order valence-corrected chi connectivity index (χ2v) is 5.46. The van der Waals surface area contributed by atoms with Gasteiger partial charge in [0, 0.05) is 18.0 Å². The van der Waals surface area contributed by atoms with Crippen molar-refractivity contribution in [1.29, 1.82) is 0 Å². The van der Waals surface area contributed by atoms with Gasteiger partial charge in [-0.25, -0.2) is 0 Å². The minimum Gasteiger partial charge on any atom is -0.384 e. The number of rotatable bonds is 3. The van der Waals surface area contributed by atoms with Crippen molar-refractivity contribution in [1.82, 2.24) is 15.5 Å². The standard InChI is InChI=1S/C12H20N4O/c1-12(2)5-3-4-9(12)11(17)14-6-8-7-15-16-10(8)13/h7,9H,3-6H2,1-2H3,(H,14,17)(H3,13,15,16). The van der Waals surface area contributed by atoms with E-state index in [2.05, 4.69) is 29.4 Å². The van der Waals surface area contributed by atoms with Crippen LogP contribution in [0, 0.1) is 11.3 Å². The Morgan fingerprint density at radius 2 is 2.47 bits per heavy atom. The molecular weight excluding hydrogens is 216 g/mol. The normalized spacial score (nSPS) is 22.6. The number of hydrogen-bond donors (Lipinski definition) is 3. The van der Waals surface area contributed by atoms with E-state index in [1.54, 1.807) is 6.20 Å². The van der Waals surface area contributed by atoms with Crippen molar-refractivity contribution in [2.24, 2.45) is 11.3 Å². The van der Waals surface area contributed by atoms with Gasteiger partial charge in [-0.15, -0.1) is 0 Å². The molecule has 5 nitrogen and oxygen atoms in total. The first kappa shape index (κ1) is 12.0. The SMILES string of the molecule is CC1(C)CCCC1C(=O)NCc1cn[nH]c1N. The van der Waals surface area contributed by atoms with Gasteiger partial charge in [0.1, 0.15) is 5.82 Å². The quantitative estimate of drug-likeness (QED) is 0.742. The van der Waals surface area contributed by atoms with Gasteiger partial charge >= 0.3 is 0 Å². The number of anilines is 1. The first-order valence-electron chi connectivity index (χ1n) is 6.06. The second-order valence-electron chi connectivity index (χ2n) is 5.46. The molecule has 1 fully saturated rings. The van der Waals surface area contributed by atoms with Gasteiger partial charge in [-0.1, -0.05) is 20.3 Å². The molecule has 1 atom stereocenters. The lowest BCUT2D eigenvalue weighted by Gasteiger charge is -2.25. The molecule has 1 amide bonds. The van der Waals surface area contributed by atoms with Gasteiger partial charge < -0.3 is 11.1 Å². The first-order chi connectivity index (χ1) is 8.00. The van der Waals surface area contributed by atoms with Crippen molar-refractivity contribution in [3.8, 4) is 0 Å². The number of aromatic amines is 1. The molecule has 0 aliphatic heterocycles. The predicted molar refractivity (Wildman–Crippen MR) is 66.0 cm³/mol. The Labute approximate surface area is 101 Å². The van der Waals surface area contributed by atoms with Crippen LogP contribution in [0.25, 0.3) is 0 Å². The molecule has 1 aromatic heterocycles. The zero-order valence-corrected chi connectivity index (χ0v) is 10.4. The fourth-order valence-electron chi connectivity index (χ4n) is 2.58. The summed E-state index contributed by atoms with van der Waals surface area (Å²) >= 11 is 0. The molecule has 2 rings (SSSR count). The number of aromatic nitrogens is 2. The summed E-state index contributed by atoms with van der Waals surface area (Å²) in [5.74, 6) is 0.778. The average Bonchev–Trinajstić information content (AvgIpc) is 2.81. The maximum absolute atomic E-state index is 12.1. The number of amides is 1. The summed E-state index contributed by atoms with van der Waals surface area (Å²) in [6.07, 6.45) is 4.90. The molecule has 4 N–H and O–H groups in total. The number of nitrogens with two attached hydrogens (primary N) is 1. The van der Waals surface area contributed by atoms with E-state index >= 15 is 0 Å². The summed E-state index contributed by atoms with van der Waals surface area (Å²) in [6, 6.07) is 0. The van der Waals surface area contributed by atoms with Gasteiger partial charge in [0.15, 0.2) is 0 Å². The topological polar surface area (TPSA) is 83.8 Å². The highest BCUT2D eigenvalue weighted by molar-refractivity contribution is 5.79. The molecule has 17 heavy (non-hydrogen) atoms. The number of H-pyrrole nitrogens is 1. The number of carbonyl (C=O) groups is 1. The van der Waals surface area contributed by atoms with E-state index in [1.807, 2.05) is 0 Å². The molecule has 0 spiro atoms. The minimum absolute atomic E-state index is 0.117. The van der Waals surface area contributed by atoms with Gasteiger partial charge in [0.25, 0.3) is 0 Å². The van der Waals surface area contributed by atoms with Crippen molar-refractivity contribution < 1.29 is 4.79 Å². The van der Waals surface area contributed by atoms with Crippen LogP contribution in [-0.2, 0) is 11.3 Å². The van der Waals surface area contributed by atoms with Gasteiger partial charge in [-0.2, -0.15) is 5.10 Å². The highest BCUT2D eigenvalue weighted by Crippen LogP contribution is 2.42. The van der Waals surface area contributed by atoms with E-state index in [0.717, 1.165) is 24.8 Å². The van der Waals surface area contributed by atoms with Gasteiger partial charge in [-0.3, -0.25) is 9.89 Å². The minimum atomic E-state index is 0.117. The number of hydrogen-bond acceptors (Lipinski definition) is 3. The van der Waals surface area contributed by atoms with E-state index < -0.39 is 0 Å². The van der Waals surface area contributed by atoms with Crippen LogP contribution in [0.1, 0.15) is 38.7 Å². The zero-order chi connectivity index (χ0) is 12.5. The summed E-state index contributed by atoms with van der Waals surface area (Å²) in [5, 5.41) is 9.42. The summed E-state index contributed by atoms with van der Waals surface area (Å²) < 4.78 is 0. The van der Waals surface area contributed by atoms with Crippen LogP contribution in [-0.4, -0.2) is 16.1 Å². The van der Waals surface area contributed by atoms with Crippen molar-refractivity contribution in [3.63, 3.8) is 0 Å². The molecular formula is C12H20N4O. The van der Waals surface area contributed by atoms with E-state index in [-0.39, 0.29) is 17.2 Å². The second kappa shape index (κ2) is 4.39. The van der Waals surface area contributed by atoms with Crippen LogP contribution >= 0.6 is 0 Å². The Bertz CT molecular complexity index is 410. The van der Waals surface area contributed by atoms with Gasteiger partial charge in [0.05, 0.1) is 6.20 Å². The smallest absolute Gasteiger partial charge is 0.223 e. The molecule has 0 aromatic carbocycles. The van der Waals surface area contributed by atoms with Gasteiger partial charge in [-0.05, 0) is 18.3 Å². The van der Waals surface area contributed by atoms with E-state index in [0.29, 0.717) is 12.4 Å². The van der Waals surface area contributed by atoms with Crippen LogP contribution in [0.4, 0.5) is 5.82 Å². The lowest BCUT2D eigenvalue weighted by molar-refractivity contribution is -0.127. The highest BCUT2D eigenvalue weighted by Gasteiger charge is 2.39. The first-order valence-corrected chi connectivity index (χ1v) is 6.06. The molecule has 1 heterocycles. The molecule has 1 aliphatic rings. The van der Waals surface area contributed by atoms with Crippen molar-refractivity contribution in [3.05, 3.63) is 11.8 Å². The molecule has 1 aromatic rings. The van der Waals surface area contributed by atoms with Crippen LogP contribution in [0.3, 0.4) is 0 Å². The largest absolute Gasteiger partial charge is 0.384 e. The van der Waals surface area contributed by atoms with Gasteiger partial charge in [0.2, 0.25) is 5.91 Å². The number of carbonyl (C=O) groups excluding carboxylic acids is 1. The maximum atomic E-state index is 12.1. The Kier molecular flexibility index (Phi) is 3.09. The van der Waals surface area contributed by atoms with E-state index in [4.69, 9.17) is 5.73 Å². The molecule has 0 radical (unpaired) electrons. The summed E-state index contributed by atoms with van der Waals surface area (Å²) in [5.41, 5.74) is 6.62. The summed E-state index contributed by atoms with van der Waals surface area (Å²) in [4.78, 5) is 12.1. The van der Waals surface area contributed by atoms with Crippen LogP contribution in [0.5, 0.6) is 0 Å². The molecule has 5 heteroatoms. The number of nitrogen functional groups attached to an aromatic ring is 1. The third kappa shape index (κ3) is 2.43. The van der Waals surface area contributed by atoms with Crippen LogP contribution < -0.4 is 11.1 Å². The molecule has 0 saturated heterocycles. The molecule has 1 saturated carbocycles. The van der Waals surface area contributed by atoms with Crippen molar-refractivity contribution >= 4 is 11.7 Å². The van der Waals surface area contributed by atoms with Crippen LogP contribution in [0.15, 0.2) is 6.20 Å². The van der Waals surface area contributed by atoms with Crippen molar-refractivity contribution in [2.75, 3.05) is 5.73 Å². The Hall–Kier alpha value is -1.52. The molecule has 0 bridgehead atoms. The molecule has 1 aliphatic carbocycles. The molecule has 94 valence electrons.